The van der Waals surface area contributed by atoms with E-state index in [1.165, 1.54) is 0 Å². The lowest BCUT2D eigenvalue weighted by molar-refractivity contribution is -0.126. The zero-order chi connectivity index (χ0) is 21.3. The maximum atomic E-state index is 12.6. The highest BCUT2D eigenvalue weighted by molar-refractivity contribution is 6.30. The van der Waals surface area contributed by atoms with Crippen molar-refractivity contribution in [3.8, 4) is 5.75 Å². The Hall–Kier alpha value is -3.12. The second-order valence-electron chi connectivity index (χ2n) is 6.98. The number of ether oxygens (including phenoxy) is 1. The van der Waals surface area contributed by atoms with Crippen molar-refractivity contribution >= 4 is 29.6 Å². The number of halogens is 1. The molecule has 1 heterocycles. The summed E-state index contributed by atoms with van der Waals surface area (Å²) in [4.78, 5) is 26.7. The van der Waals surface area contributed by atoms with E-state index in [-0.39, 0.29) is 17.7 Å². The number of piperidine rings is 1. The third-order valence-electron chi connectivity index (χ3n) is 4.86. The lowest BCUT2D eigenvalue weighted by Gasteiger charge is -2.31. The summed E-state index contributed by atoms with van der Waals surface area (Å²) >= 11 is 5.87. The maximum absolute atomic E-state index is 12.6. The number of carbonyl (C=O) groups excluding carboxylic acids is 2. The number of nitrogens with zero attached hydrogens (tertiary/aromatic N) is 2. The number of carbonyl (C=O) groups is 2. The summed E-state index contributed by atoms with van der Waals surface area (Å²) in [7, 11) is 0. The average Bonchev–Trinajstić information content (AvgIpc) is 2.78. The topological polar surface area (TPSA) is 71.0 Å². The second kappa shape index (κ2) is 10.6. The molecule has 1 fully saturated rings. The maximum Gasteiger partial charge on any atom is 0.253 e. The van der Waals surface area contributed by atoms with Crippen LogP contribution >= 0.6 is 11.6 Å². The van der Waals surface area contributed by atoms with E-state index in [2.05, 4.69) is 17.1 Å². The van der Waals surface area contributed by atoms with Crippen LogP contribution in [0.1, 0.15) is 28.8 Å². The van der Waals surface area contributed by atoms with Gasteiger partial charge in [0, 0.05) is 29.6 Å². The molecule has 156 valence electrons. The van der Waals surface area contributed by atoms with Crippen LogP contribution in [0, 0.1) is 5.92 Å². The number of likely N-dealkylation sites (tertiary alicyclic amines) is 1. The Morgan fingerprint density at radius 1 is 1.20 bits per heavy atom. The van der Waals surface area contributed by atoms with Crippen LogP contribution in [0.4, 0.5) is 0 Å². The molecule has 30 heavy (non-hydrogen) atoms. The van der Waals surface area contributed by atoms with Crippen LogP contribution in [0.25, 0.3) is 0 Å². The third-order valence-corrected chi connectivity index (χ3v) is 5.11. The molecule has 0 radical (unpaired) electrons. The van der Waals surface area contributed by atoms with Gasteiger partial charge in [0.25, 0.3) is 5.91 Å². The molecule has 1 saturated heterocycles. The van der Waals surface area contributed by atoms with Crippen LogP contribution in [0.2, 0.25) is 5.02 Å². The van der Waals surface area contributed by atoms with Gasteiger partial charge in [-0.15, -0.1) is 0 Å². The average molecular weight is 426 g/mol. The number of nitrogens with one attached hydrogen (secondary N) is 1. The molecule has 2 aromatic carbocycles. The van der Waals surface area contributed by atoms with E-state index < -0.39 is 0 Å². The fourth-order valence-electron chi connectivity index (χ4n) is 3.22. The molecule has 0 atom stereocenters. The molecular formula is C23H24ClN3O3. The number of amides is 2. The van der Waals surface area contributed by atoms with Gasteiger partial charge >= 0.3 is 0 Å². The van der Waals surface area contributed by atoms with Crippen LogP contribution in [-0.2, 0) is 4.79 Å². The lowest BCUT2D eigenvalue weighted by Crippen LogP contribution is -2.42. The van der Waals surface area contributed by atoms with Gasteiger partial charge in [-0.3, -0.25) is 9.59 Å². The fourth-order valence-corrected chi connectivity index (χ4v) is 3.35. The second-order valence-corrected chi connectivity index (χ2v) is 7.42. The van der Waals surface area contributed by atoms with E-state index in [1.807, 2.05) is 24.3 Å². The highest BCUT2D eigenvalue weighted by Gasteiger charge is 2.27. The number of hydrazone groups is 1. The first-order valence-electron chi connectivity index (χ1n) is 9.78. The Labute approximate surface area is 181 Å². The summed E-state index contributed by atoms with van der Waals surface area (Å²) in [6.45, 7) is 5.11. The SMILES string of the molecule is C=CCOc1cccc(/C=N\NC(=O)C2CCN(C(=O)c3ccc(Cl)cc3)CC2)c1. The highest BCUT2D eigenvalue weighted by atomic mass is 35.5. The molecule has 0 aromatic heterocycles. The fraction of sp³-hybridized carbons (Fsp3) is 0.261. The molecule has 2 amide bonds. The number of benzene rings is 2. The monoisotopic (exact) mass is 425 g/mol. The summed E-state index contributed by atoms with van der Waals surface area (Å²) in [5.74, 6) is 0.368. The van der Waals surface area contributed by atoms with Gasteiger partial charge in [-0.2, -0.15) is 5.10 Å². The first kappa shape index (κ1) is 21.6. The van der Waals surface area contributed by atoms with E-state index in [4.69, 9.17) is 16.3 Å². The zero-order valence-electron chi connectivity index (χ0n) is 16.6. The Kier molecular flexibility index (Phi) is 7.63. The molecule has 1 N–H and O–H groups in total. The van der Waals surface area contributed by atoms with Crippen molar-refractivity contribution in [3.63, 3.8) is 0 Å². The van der Waals surface area contributed by atoms with Crippen LogP contribution in [0.15, 0.2) is 66.3 Å². The number of hydrogen-bond acceptors (Lipinski definition) is 4. The quantitative estimate of drug-likeness (QED) is 0.415. The molecule has 0 saturated carbocycles. The van der Waals surface area contributed by atoms with Crippen molar-refractivity contribution in [1.29, 1.82) is 0 Å². The van der Waals surface area contributed by atoms with Gasteiger partial charge < -0.3 is 9.64 Å². The largest absolute Gasteiger partial charge is 0.490 e. The van der Waals surface area contributed by atoms with Gasteiger partial charge in [-0.1, -0.05) is 36.4 Å². The van der Waals surface area contributed by atoms with Crippen molar-refractivity contribution in [2.24, 2.45) is 11.0 Å². The molecule has 2 aromatic rings. The normalized spacial score (nSPS) is 14.5. The summed E-state index contributed by atoms with van der Waals surface area (Å²) in [6.07, 6.45) is 4.46. The summed E-state index contributed by atoms with van der Waals surface area (Å²) < 4.78 is 5.48. The molecule has 0 unspecified atom stereocenters. The first-order valence-corrected chi connectivity index (χ1v) is 10.2. The highest BCUT2D eigenvalue weighted by Crippen LogP contribution is 2.20. The van der Waals surface area contributed by atoms with E-state index in [1.54, 1.807) is 41.5 Å². The molecule has 7 heteroatoms. The third kappa shape index (κ3) is 5.94. The molecule has 6 nitrogen and oxygen atoms in total. The Morgan fingerprint density at radius 2 is 1.93 bits per heavy atom. The summed E-state index contributed by atoms with van der Waals surface area (Å²) in [5, 5.41) is 4.65. The number of hydrogen-bond donors (Lipinski definition) is 1. The van der Waals surface area contributed by atoms with Crippen LogP contribution < -0.4 is 10.2 Å². The van der Waals surface area contributed by atoms with Crippen LogP contribution in [-0.4, -0.2) is 42.6 Å². The van der Waals surface area contributed by atoms with Crippen molar-refractivity contribution in [2.75, 3.05) is 19.7 Å². The minimum atomic E-state index is -0.168. The molecule has 1 aliphatic rings. The van der Waals surface area contributed by atoms with E-state index in [9.17, 15) is 9.59 Å². The summed E-state index contributed by atoms with van der Waals surface area (Å²) in [5.41, 5.74) is 4.02. The molecule has 0 spiro atoms. The molecule has 0 bridgehead atoms. The Bertz CT molecular complexity index is 920. The molecular weight excluding hydrogens is 402 g/mol. The standard InChI is InChI=1S/C23H24ClN3O3/c1-2-14-30-21-5-3-4-17(15-21)16-25-26-22(28)18-10-12-27(13-11-18)23(29)19-6-8-20(24)9-7-19/h2-9,15-16,18H,1,10-14H2,(H,26,28)/b25-16-. The van der Waals surface area contributed by atoms with Gasteiger partial charge in [-0.05, 0) is 54.8 Å². The molecule has 3 rings (SSSR count). The van der Waals surface area contributed by atoms with Crippen LogP contribution in [0.5, 0.6) is 5.75 Å². The van der Waals surface area contributed by atoms with Crippen molar-refractivity contribution in [3.05, 3.63) is 77.3 Å². The number of rotatable bonds is 7. The minimum absolute atomic E-state index is 0.0397. The zero-order valence-corrected chi connectivity index (χ0v) is 17.3. The first-order chi connectivity index (χ1) is 14.6. The van der Waals surface area contributed by atoms with Crippen molar-refractivity contribution < 1.29 is 14.3 Å². The van der Waals surface area contributed by atoms with E-state index in [0.717, 1.165) is 5.56 Å². The smallest absolute Gasteiger partial charge is 0.253 e. The van der Waals surface area contributed by atoms with Gasteiger partial charge in [0.15, 0.2) is 0 Å². The minimum Gasteiger partial charge on any atom is -0.490 e. The van der Waals surface area contributed by atoms with E-state index in [0.29, 0.717) is 48.9 Å². The summed E-state index contributed by atoms with van der Waals surface area (Å²) in [6, 6.07) is 14.2. The van der Waals surface area contributed by atoms with E-state index >= 15 is 0 Å². The Morgan fingerprint density at radius 3 is 2.63 bits per heavy atom. The van der Waals surface area contributed by atoms with Gasteiger partial charge in [0.05, 0.1) is 6.21 Å². The molecule has 0 aliphatic carbocycles. The predicted octanol–water partition coefficient (Wildman–Crippen LogP) is 3.91. The predicted molar refractivity (Wildman–Crippen MR) is 118 cm³/mol. The van der Waals surface area contributed by atoms with Crippen molar-refractivity contribution in [1.82, 2.24) is 10.3 Å². The Balaban J connectivity index is 1.47. The van der Waals surface area contributed by atoms with Gasteiger partial charge in [-0.25, -0.2) is 5.43 Å². The lowest BCUT2D eigenvalue weighted by atomic mass is 9.95. The van der Waals surface area contributed by atoms with Crippen molar-refractivity contribution in [2.45, 2.75) is 12.8 Å². The van der Waals surface area contributed by atoms with Gasteiger partial charge in [0.1, 0.15) is 12.4 Å². The van der Waals surface area contributed by atoms with Gasteiger partial charge in [0.2, 0.25) is 5.91 Å². The molecule has 1 aliphatic heterocycles. The van der Waals surface area contributed by atoms with Crippen LogP contribution in [0.3, 0.4) is 0 Å².